The van der Waals surface area contributed by atoms with Gasteiger partial charge in [-0.05, 0) is 0 Å². The lowest BCUT2D eigenvalue weighted by atomic mass is 10.3. The van der Waals surface area contributed by atoms with Gasteiger partial charge in [-0.15, -0.1) is 0 Å². The Hall–Kier alpha value is -0.310. The molecule has 4 nitrogen and oxygen atoms in total. The van der Waals surface area contributed by atoms with Crippen LogP contribution in [0.25, 0.3) is 0 Å². The van der Waals surface area contributed by atoms with E-state index in [-0.39, 0.29) is 5.52 Å². The number of rotatable bonds is 4. The van der Waals surface area contributed by atoms with Gasteiger partial charge < -0.3 is 5.41 Å². The number of hydrogen-bond donors (Lipinski definition) is 2. The Bertz CT molecular complexity index is 139. The summed E-state index contributed by atoms with van der Waals surface area (Å²) in [6.07, 6.45) is 1.03. The van der Waals surface area contributed by atoms with Crippen LogP contribution in [0.3, 0.4) is 0 Å². The van der Waals surface area contributed by atoms with Crippen LogP contribution in [0.4, 0.5) is 0 Å². The van der Waals surface area contributed by atoms with E-state index >= 15 is 0 Å². The molecule has 0 aromatic heterocycles. The molecular weight excluding hydrogens is 149 g/mol. The molecule has 0 aromatic carbocycles. The van der Waals surface area contributed by atoms with Crippen LogP contribution in [0.1, 0.15) is 6.92 Å². The van der Waals surface area contributed by atoms with Gasteiger partial charge >= 0.3 is 0 Å². The lowest BCUT2D eigenvalue weighted by molar-refractivity contribution is -0.113. The molecule has 0 amide bonds. The molecule has 0 heterocycles. The molecule has 0 radical (unpaired) electrons. The van der Waals surface area contributed by atoms with Crippen LogP contribution in [-0.4, -0.2) is 29.3 Å². The predicted molar refractivity (Wildman–Crippen MR) is 43.9 cm³/mol. The first-order chi connectivity index (χ1) is 4.63. The lowest BCUT2D eigenvalue weighted by Gasteiger charge is -2.18. The normalized spacial score (nSPS) is 13.2. The van der Waals surface area contributed by atoms with E-state index in [0.29, 0.717) is 6.54 Å². The molecule has 0 saturated carbocycles. The fraction of sp³-hybridized carbons (Fsp3) is 0.600. The molecular formula is C5H12N3OP. The molecule has 0 aromatic rings. The van der Waals surface area contributed by atoms with Gasteiger partial charge in [-0.2, -0.15) is 0 Å². The van der Waals surface area contributed by atoms with E-state index < -0.39 is 6.04 Å². The number of nitrogens with two attached hydrogens (primary N) is 1. The Morgan fingerprint density at radius 1 is 2.00 bits per heavy atom. The first-order valence-corrected chi connectivity index (χ1v) is 3.52. The second-order valence-electron chi connectivity index (χ2n) is 1.84. The number of nitrogens with one attached hydrogen (secondary N) is 1. The van der Waals surface area contributed by atoms with Crippen molar-refractivity contribution in [2.45, 2.75) is 13.0 Å². The molecule has 0 aliphatic heterocycles. The molecule has 0 aliphatic carbocycles. The Labute approximate surface area is 62.4 Å². The maximum atomic E-state index is 10.7. The minimum atomic E-state index is -0.588. The summed E-state index contributed by atoms with van der Waals surface area (Å²) in [4.78, 5) is 10.7. The third-order valence-electron chi connectivity index (χ3n) is 1.17. The highest BCUT2D eigenvalue weighted by Gasteiger charge is 2.15. The molecule has 0 saturated heterocycles. The predicted octanol–water partition coefficient (Wildman–Crippen LogP) is -0.398. The number of hydrazine groups is 1. The third-order valence-corrected chi connectivity index (χ3v) is 1.51. The Balaban J connectivity index is 4.05. The van der Waals surface area contributed by atoms with Gasteiger partial charge in [-0.3, -0.25) is 10.6 Å². The van der Waals surface area contributed by atoms with Crippen LogP contribution >= 0.6 is 9.24 Å². The van der Waals surface area contributed by atoms with Gasteiger partial charge in [0.25, 0.3) is 0 Å². The highest BCUT2D eigenvalue weighted by atomic mass is 31.0. The van der Waals surface area contributed by atoms with Crippen molar-refractivity contribution >= 4 is 21.0 Å². The van der Waals surface area contributed by atoms with Gasteiger partial charge in [0.15, 0.2) is 5.52 Å². The summed E-state index contributed by atoms with van der Waals surface area (Å²) >= 11 is 0. The van der Waals surface area contributed by atoms with Crippen molar-refractivity contribution in [3.8, 4) is 0 Å². The highest BCUT2D eigenvalue weighted by Crippen LogP contribution is 1.97. The van der Waals surface area contributed by atoms with Crippen LogP contribution in [0, 0.1) is 5.41 Å². The van der Waals surface area contributed by atoms with Gasteiger partial charge in [0.05, 0.1) is 0 Å². The average Bonchev–Trinajstić information content (AvgIpc) is 1.88. The number of nitrogens with zero attached hydrogens (tertiary/aromatic N) is 1. The monoisotopic (exact) mass is 161 g/mol. The van der Waals surface area contributed by atoms with Crippen molar-refractivity contribution in [1.29, 1.82) is 5.41 Å². The largest absolute Gasteiger partial charge is 0.311 e. The van der Waals surface area contributed by atoms with E-state index in [1.807, 2.05) is 16.2 Å². The summed E-state index contributed by atoms with van der Waals surface area (Å²) < 4.78 is 0. The van der Waals surface area contributed by atoms with Gasteiger partial charge in [0.1, 0.15) is 6.04 Å². The van der Waals surface area contributed by atoms with Crippen LogP contribution in [0.5, 0.6) is 0 Å². The first kappa shape index (κ1) is 9.69. The van der Waals surface area contributed by atoms with Crippen molar-refractivity contribution < 1.29 is 4.79 Å². The Morgan fingerprint density at radius 3 is 2.60 bits per heavy atom. The number of hydrogen-bond acceptors (Lipinski definition) is 4. The topological polar surface area (TPSA) is 70.2 Å². The van der Waals surface area contributed by atoms with E-state index in [0.717, 1.165) is 6.21 Å². The Kier molecular flexibility index (Phi) is 4.36. The molecule has 0 spiro atoms. The molecule has 2 atom stereocenters. The van der Waals surface area contributed by atoms with Crippen molar-refractivity contribution in [1.82, 2.24) is 5.01 Å². The minimum absolute atomic E-state index is 0.181. The summed E-state index contributed by atoms with van der Waals surface area (Å²) in [7, 11) is 2.00. The molecule has 10 heavy (non-hydrogen) atoms. The molecule has 58 valence electrons. The maximum absolute atomic E-state index is 10.7. The lowest BCUT2D eigenvalue weighted by Crippen LogP contribution is -2.44. The van der Waals surface area contributed by atoms with Gasteiger partial charge in [-0.25, -0.2) is 5.01 Å². The SMILES string of the molecule is CCN(N)C(C=N)C(=O)P. The Morgan fingerprint density at radius 2 is 2.50 bits per heavy atom. The van der Waals surface area contributed by atoms with Crippen molar-refractivity contribution in [3.05, 3.63) is 0 Å². The van der Waals surface area contributed by atoms with Crippen LogP contribution in [-0.2, 0) is 4.79 Å². The van der Waals surface area contributed by atoms with Crippen LogP contribution in [0.15, 0.2) is 0 Å². The zero-order valence-corrected chi connectivity index (χ0v) is 7.03. The smallest absolute Gasteiger partial charge is 0.172 e. The van der Waals surface area contributed by atoms with Crippen LogP contribution < -0.4 is 5.84 Å². The molecule has 3 N–H and O–H groups in total. The van der Waals surface area contributed by atoms with E-state index in [2.05, 4.69) is 0 Å². The minimum Gasteiger partial charge on any atom is -0.311 e. The fourth-order valence-electron chi connectivity index (χ4n) is 0.538. The molecule has 0 rings (SSSR count). The number of likely N-dealkylation sites (N-methyl/N-ethyl adjacent to an activating group) is 1. The summed E-state index contributed by atoms with van der Waals surface area (Å²) in [6, 6.07) is -0.588. The second-order valence-corrected chi connectivity index (χ2v) is 2.41. The summed E-state index contributed by atoms with van der Waals surface area (Å²) in [6.45, 7) is 2.38. The summed E-state index contributed by atoms with van der Waals surface area (Å²) in [5.74, 6) is 5.38. The second kappa shape index (κ2) is 4.50. The molecule has 0 aliphatic rings. The quantitative estimate of drug-likeness (QED) is 0.255. The third kappa shape index (κ3) is 2.52. The molecule has 0 fully saturated rings. The van der Waals surface area contributed by atoms with Crippen molar-refractivity contribution in [3.63, 3.8) is 0 Å². The van der Waals surface area contributed by atoms with E-state index in [1.165, 1.54) is 5.01 Å². The van der Waals surface area contributed by atoms with E-state index in [4.69, 9.17) is 11.3 Å². The van der Waals surface area contributed by atoms with Crippen molar-refractivity contribution in [2.75, 3.05) is 6.54 Å². The van der Waals surface area contributed by atoms with Crippen LogP contribution in [0.2, 0.25) is 0 Å². The van der Waals surface area contributed by atoms with Gasteiger partial charge in [-0.1, -0.05) is 16.2 Å². The summed E-state index contributed by atoms with van der Waals surface area (Å²) in [5.41, 5.74) is -0.181. The number of carbonyl (C=O) groups is 1. The molecule has 0 bridgehead atoms. The average molecular weight is 161 g/mol. The van der Waals surface area contributed by atoms with Gasteiger partial charge in [0.2, 0.25) is 0 Å². The molecule has 2 unspecified atom stereocenters. The first-order valence-electron chi connectivity index (χ1n) is 2.94. The van der Waals surface area contributed by atoms with E-state index in [9.17, 15) is 4.79 Å². The number of carbonyl (C=O) groups excluding carboxylic acids is 1. The summed E-state index contributed by atoms with van der Waals surface area (Å²) in [5, 5.41) is 8.15. The fourth-order valence-corrected chi connectivity index (χ4v) is 0.826. The highest BCUT2D eigenvalue weighted by molar-refractivity contribution is 7.40. The zero-order chi connectivity index (χ0) is 8.15. The standard InChI is InChI=1S/C5H12N3OP/c1-2-8(7)4(3-6)5(9)10/h3-4,6H,2,7,10H2,1H3. The molecule has 5 heteroatoms. The van der Waals surface area contributed by atoms with Crippen molar-refractivity contribution in [2.24, 2.45) is 5.84 Å². The zero-order valence-electron chi connectivity index (χ0n) is 5.87. The van der Waals surface area contributed by atoms with Gasteiger partial charge in [0, 0.05) is 12.8 Å². The maximum Gasteiger partial charge on any atom is 0.172 e. The van der Waals surface area contributed by atoms with E-state index in [1.54, 1.807) is 0 Å².